The molecule has 0 heterocycles. The van der Waals surface area contributed by atoms with Crippen molar-refractivity contribution in [2.75, 3.05) is 4.72 Å². The number of carboxylic acid groups (broad SMARTS) is 1. The van der Waals surface area contributed by atoms with Crippen LogP contribution < -0.4 is 4.72 Å². The van der Waals surface area contributed by atoms with E-state index in [0.29, 0.717) is 12.1 Å². The first-order valence-corrected chi connectivity index (χ1v) is 11.9. The average Bonchev–Trinajstić information content (AvgIpc) is 2.77. The zero-order chi connectivity index (χ0) is 22.3. The predicted molar refractivity (Wildman–Crippen MR) is 123 cm³/mol. The van der Waals surface area contributed by atoms with Gasteiger partial charge >= 0.3 is 5.97 Å². The summed E-state index contributed by atoms with van der Waals surface area (Å²) in [7, 11) is -3.65. The molecule has 0 saturated heterocycles. The molecule has 0 aliphatic carbocycles. The number of hydrogen-bond acceptors (Lipinski definition) is 3. The molecular weight excluding hydrogens is 410 g/mol. The van der Waals surface area contributed by atoms with Gasteiger partial charge < -0.3 is 5.11 Å². The Kier molecular flexibility index (Phi) is 7.47. The van der Waals surface area contributed by atoms with Gasteiger partial charge in [-0.1, -0.05) is 49.7 Å². The van der Waals surface area contributed by atoms with Crippen molar-refractivity contribution >= 4 is 21.7 Å². The minimum absolute atomic E-state index is 0.247. The molecule has 0 spiro atoms. The van der Waals surface area contributed by atoms with Gasteiger partial charge in [0.1, 0.15) is 0 Å². The topological polar surface area (TPSA) is 83.5 Å². The fraction of sp³-hybridized carbons (Fsp3) is 0.240. The summed E-state index contributed by atoms with van der Waals surface area (Å²) in [4.78, 5) is 11.2. The van der Waals surface area contributed by atoms with Crippen LogP contribution in [0.3, 0.4) is 0 Å². The number of carbonyl (C=O) groups is 1. The lowest BCUT2D eigenvalue weighted by Gasteiger charge is -2.10. The molecule has 3 aromatic carbocycles. The molecule has 0 aliphatic heterocycles. The Balaban J connectivity index is 1.64. The first-order chi connectivity index (χ1) is 14.9. The van der Waals surface area contributed by atoms with E-state index in [9.17, 15) is 13.2 Å². The van der Waals surface area contributed by atoms with Crippen LogP contribution in [0.1, 0.15) is 46.8 Å². The van der Waals surface area contributed by atoms with E-state index in [-0.39, 0.29) is 10.5 Å². The maximum Gasteiger partial charge on any atom is 0.335 e. The van der Waals surface area contributed by atoms with Crippen molar-refractivity contribution in [2.45, 2.75) is 43.9 Å². The molecule has 0 unspecified atom stereocenters. The molecule has 5 nitrogen and oxygen atoms in total. The van der Waals surface area contributed by atoms with Crippen molar-refractivity contribution in [3.63, 3.8) is 0 Å². The lowest BCUT2D eigenvalue weighted by molar-refractivity contribution is 0.0697. The smallest absolute Gasteiger partial charge is 0.335 e. The Morgan fingerprint density at radius 1 is 0.839 bits per heavy atom. The van der Waals surface area contributed by atoms with Gasteiger partial charge in [-0.3, -0.25) is 4.72 Å². The van der Waals surface area contributed by atoms with Gasteiger partial charge in [0.2, 0.25) is 0 Å². The molecule has 0 atom stereocenters. The summed E-state index contributed by atoms with van der Waals surface area (Å²) in [6.07, 6.45) is 4.58. The van der Waals surface area contributed by atoms with Gasteiger partial charge in [-0.05, 0) is 78.8 Å². The number of sulfonamides is 1. The van der Waals surface area contributed by atoms with Gasteiger partial charge in [0.25, 0.3) is 10.0 Å². The van der Waals surface area contributed by atoms with Gasteiger partial charge in [0.15, 0.2) is 0 Å². The predicted octanol–water partition coefficient (Wildman–Crippen LogP) is 5.31. The molecule has 0 aliphatic rings. The van der Waals surface area contributed by atoms with Gasteiger partial charge in [0, 0.05) is 5.69 Å². The quantitative estimate of drug-likeness (QED) is 0.450. The Bertz CT molecular complexity index is 1120. The van der Waals surface area contributed by atoms with Crippen LogP contribution in [-0.2, 0) is 29.3 Å². The third-order valence-corrected chi connectivity index (χ3v) is 6.53. The van der Waals surface area contributed by atoms with E-state index in [1.165, 1.54) is 0 Å². The van der Waals surface area contributed by atoms with Crippen molar-refractivity contribution in [3.05, 3.63) is 95.1 Å². The third-order valence-electron chi connectivity index (χ3n) is 5.14. The van der Waals surface area contributed by atoms with Crippen LogP contribution in [0.25, 0.3) is 0 Å². The maximum atomic E-state index is 12.7. The van der Waals surface area contributed by atoms with E-state index in [0.717, 1.165) is 42.4 Å². The zero-order valence-corrected chi connectivity index (χ0v) is 18.4. The second-order valence-electron chi connectivity index (χ2n) is 7.56. The summed E-state index contributed by atoms with van der Waals surface area (Å²) in [5, 5.41) is 8.98. The Morgan fingerprint density at radius 3 is 2.10 bits per heavy atom. The highest BCUT2D eigenvalue weighted by molar-refractivity contribution is 7.92. The number of benzene rings is 3. The van der Waals surface area contributed by atoms with Crippen LogP contribution in [0, 0.1) is 0 Å². The van der Waals surface area contributed by atoms with E-state index >= 15 is 0 Å². The number of rotatable bonds is 10. The SMILES string of the molecule is CCCCc1ccc(S(=O)(=O)Nc2cccc(CCc3ccc(C(=O)O)cc3)c2)cc1. The number of hydrogen-bond donors (Lipinski definition) is 2. The van der Waals surface area contributed by atoms with Crippen LogP contribution in [-0.4, -0.2) is 19.5 Å². The zero-order valence-electron chi connectivity index (χ0n) is 17.5. The van der Waals surface area contributed by atoms with Gasteiger partial charge in [-0.2, -0.15) is 0 Å². The number of nitrogens with one attached hydrogen (secondary N) is 1. The van der Waals surface area contributed by atoms with Crippen LogP contribution in [0.5, 0.6) is 0 Å². The van der Waals surface area contributed by atoms with Crippen molar-refractivity contribution in [1.82, 2.24) is 0 Å². The second kappa shape index (κ2) is 10.3. The molecule has 6 heteroatoms. The van der Waals surface area contributed by atoms with Crippen molar-refractivity contribution in [1.29, 1.82) is 0 Å². The van der Waals surface area contributed by atoms with E-state index in [4.69, 9.17) is 5.11 Å². The number of anilines is 1. The molecule has 0 fully saturated rings. The first kappa shape index (κ1) is 22.6. The molecule has 0 saturated carbocycles. The molecule has 0 bridgehead atoms. The second-order valence-corrected chi connectivity index (χ2v) is 9.24. The van der Waals surface area contributed by atoms with E-state index < -0.39 is 16.0 Å². The molecule has 3 aromatic rings. The summed E-state index contributed by atoms with van der Waals surface area (Å²) in [6, 6.07) is 21.2. The van der Waals surface area contributed by atoms with Crippen molar-refractivity contribution in [2.24, 2.45) is 0 Å². The normalized spacial score (nSPS) is 11.3. The Morgan fingerprint density at radius 2 is 1.45 bits per heavy atom. The first-order valence-electron chi connectivity index (χ1n) is 10.4. The molecule has 0 aromatic heterocycles. The van der Waals surface area contributed by atoms with Crippen LogP contribution in [0.15, 0.2) is 77.7 Å². The van der Waals surface area contributed by atoms with Gasteiger partial charge in [-0.15, -0.1) is 0 Å². The average molecular weight is 438 g/mol. The highest BCUT2D eigenvalue weighted by Gasteiger charge is 2.14. The van der Waals surface area contributed by atoms with Crippen LogP contribution >= 0.6 is 0 Å². The Hall–Kier alpha value is -3.12. The molecule has 0 amide bonds. The monoisotopic (exact) mass is 437 g/mol. The summed E-state index contributed by atoms with van der Waals surface area (Å²) < 4.78 is 28.2. The minimum atomic E-state index is -3.65. The summed E-state index contributed by atoms with van der Waals surface area (Å²) >= 11 is 0. The summed E-state index contributed by atoms with van der Waals surface area (Å²) in [6.45, 7) is 2.13. The van der Waals surface area contributed by atoms with Gasteiger partial charge in [0.05, 0.1) is 10.5 Å². The minimum Gasteiger partial charge on any atom is -0.478 e. The fourth-order valence-corrected chi connectivity index (χ4v) is 4.37. The standard InChI is InChI=1S/C25H27NO4S/c1-2-3-5-19-12-16-24(17-13-19)31(29,30)26-23-7-4-6-21(18-23)9-8-20-10-14-22(15-11-20)25(27)28/h4,6-7,10-18,26H,2-3,5,8-9H2,1H3,(H,27,28). The van der Waals surface area contributed by atoms with Crippen LogP contribution in [0.4, 0.5) is 5.69 Å². The van der Waals surface area contributed by atoms with E-state index in [1.807, 2.05) is 30.3 Å². The number of unbranched alkanes of at least 4 members (excludes halogenated alkanes) is 1. The maximum absolute atomic E-state index is 12.7. The molecule has 0 radical (unpaired) electrons. The molecular formula is C25H27NO4S. The number of aromatic carboxylic acids is 1. The lowest BCUT2D eigenvalue weighted by atomic mass is 10.0. The van der Waals surface area contributed by atoms with Gasteiger partial charge in [-0.25, -0.2) is 13.2 Å². The number of carboxylic acids is 1. The lowest BCUT2D eigenvalue weighted by Crippen LogP contribution is -2.13. The highest BCUT2D eigenvalue weighted by Crippen LogP contribution is 2.19. The summed E-state index contributed by atoms with van der Waals surface area (Å²) in [5.41, 5.74) is 3.95. The highest BCUT2D eigenvalue weighted by atomic mass is 32.2. The largest absolute Gasteiger partial charge is 0.478 e. The molecule has 2 N–H and O–H groups in total. The third kappa shape index (κ3) is 6.43. The van der Waals surface area contributed by atoms with Crippen LogP contribution in [0.2, 0.25) is 0 Å². The fourth-order valence-electron chi connectivity index (χ4n) is 3.32. The van der Waals surface area contributed by atoms with Crippen molar-refractivity contribution in [3.8, 4) is 0 Å². The summed E-state index contributed by atoms with van der Waals surface area (Å²) in [5.74, 6) is -0.942. The van der Waals surface area contributed by atoms with E-state index in [2.05, 4.69) is 11.6 Å². The molecule has 162 valence electrons. The molecule has 31 heavy (non-hydrogen) atoms. The van der Waals surface area contributed by atoms with Crippen molar-refractivity contribution < 1.29 is 18.3 Å². The molecule has 3 rings (SSSR count). The Labute approximate surface area is 183 Å². The van der Waals surface area contributed by atoms with E-state index in [1.54, 1.807) is 42.5 Å². The number of aryl methyl sites for hydroxylation is 3.